The van der Waals surface area contributed by atoms with E-state index < -0.39 is 16.6 Å². The fourth-order valence-corrected chi connectivity index (χ4v) is 16.4. The normalized spacial score (nSPS) is 15.1. The average Bonchev–Trinajstić information content (AvgIpc) is 2.69. The summed E-state index contributed by atoms with van der Waals surface area (Å²) in [6.45, 7) is 20.9. The fraction of sp³-hybridized carbons (Fsp3) is 1.00. The minimum absolute atomic E-state index is 0.647. The van der Waals surface area contributed by atoms with Crippen molar-refractivity contribution in [1.29, 1.82) is 0 Å². The third-order valence-corrected chi connectivity index (χ3v) is 20.1. The smallest absolute Gasteiger partial charge is 0.204 e. The van der Waals surface area contributed by atoms with Gasteiger partial charge in [0.25, 0.3) is 0 Å². The van der Waals surface area contributed by atoms with Crippen LogP contribution in [-0.2, 0) is 8.85 Å². The van der Waals surface area contributed by atoms with Crippen LogP contribution < -0.4 is 0 Å². The monoisotopic (exact) mass is 434 g/mol. The summed E-state index contributed by atoms with van der Waals surface area (Å²) in [5.74, 6) is 0. The number of rotatable bonds is 18. The van der Waals surface area contributed by atoms with Crippen LogP contribution in [0.25, 0.3) is 0 Å². The second-order valence-electron chi connectivity index (χ2n) is 8.08. The van der Waals surface area contributed by atoms with E-state index in [0.29, 0.717) is 9.75 Å². The summed E-state index contributed by atoms with van der Waals surface area (Å²) in [6, 6.07) is 4.95. The van der Waals surface area contributed by atoms with Crippen LogP contribution in [0.2, 0.25) is 24.2 Å². The first-order valence-corrected chi connectivity index (χ1v) is 17.6. The quantitative estimate of drug-likeness (QED) is 0.161. The maximum atomic E-state index is 6.68. The fourth-order valence-electron chi connectivity index (χ4n) is 4.10. The van der Waals surface area contributed by atoms with Gasteiger partial charge in [-0.1, -0.05) is 81.1 Å². The first-order chi connectivity index (χ1) is 12.9. The maximum absolute atomic E-state index is 6.68. The minimum atomic E-state index is -1.68. The lowest BCUT2D eigenvalue weighted by Gasteiger charge is -2.41. The molecule has 2 unspecified atom stereocenters. The first-order valence-electron chi connectivity index (χ1n) is 11.8. The largest absolute Gasteiger partial charge is 0.416 e. The molecule has 0 aromatic rings. The molecule has 0 amide bonds. The molecule has 0 rings (SSSR count). The SMILES string of the molecule is CCCCCO[Si](CC)(CC)C(C)SC(C)[Si](CC)(CC)OCCCCC. The Kier molecular flexibility index (Phi) is 15.9. The zero-order valence-corrected chi connectivity index (χ0v) is 22.7. The minimum Gasteiger partial charge on any atom is -0.416 e. The van der Waals surface area contributed by atoms with Gasteiger partial charge in [-0.25, -0.2) is 0 Å². The Hall–Kier alpha value is 0.704. The van der Waals surface area contributed by atoms with Crippen molar-refractivity contribution in [2.45, 2.75) is 128 Å². The van der Waals surface area contributed by atoms with E-state index in [0.717, 1.165) is 13.2 Å². The zero-order chi connectivity index (χ0) is 20.8. The lowest BCUT2D eigenvalue weighted by atomic mass is 10.3. The lowest BCUT2D eigenvalue weighted by molar-refractivity contribution is 0.286. The summed E-state index contributed by atoms with van der Waals surface area (Å²) in [5.41, 5.74) is 0. The van der Waals surface area contributed by atoms with Gasteiger partial charge in [0.15, 0.2) is 0 Å². The van der Waals surface area contributed by atoms with Gasteiger partial charge in [-0.2, -0.15) is 11.8 Å². The summed E-state index contributed by atoms with van der Waals surface area (Å²) in [4.78, 5) is 1.29. The molecular weight excluding hydrogens is 384 g/mol. The molecule has 0 radical (unpaired) electrons. The summed E-state index contributed by atoms with van der Waals surface area (Å²) < 4.78 is 13.4. The molecule has 0 aliphatic heterocycles. The van der Waals surface area contributed by atoms with Crippen LogP contribution in [0.4, 0.5) is 0 Å². The van der Waals surface area contributed by atoms with E-state index in [1.54, 1.807) is 0 Å². The van der Waals surface area contributed by atoms with Gasteiger partial charge >= 0.3 is 0 Å². The maximum Gasteiger partial charge on any atom is 0.204 e. The number of hydrogen-bond acceptors (Lipinski definition) is 3. The Morgan fingerprint density at radius 3 is 1.19 bits per heavy atom. The zero-order valence-electron chi connectivity index (χ0n) is 19.9. The molecular formula is C22H50O2SSi2. The van der Waals surface area contributed by atoms with E-state index in [4.69, 9.17) is 8.85 Å². The molecule has 0 aliphatic carbocycles. The van der Waals surface area contributed by atoms with E-state index in [1.807, 2.05) is 0 Å². The van der Waals surface area contributed by atoms with Gasteiger partial charge in [-0.3, -0.25) is 0 Å². The highest BCUT2D eigenvalue weighted by Gasteiger charge is 2.44. The van der Waals surface area contributed by atoms with Crippen LogP contribution in [0.15, 0.2) is 0 Å². The second kappa shape index (κ2) is 15.5. The number of hydrogen-bond donors (Lipinski definition) is 0. The van der Waals surface area contributed by atoms with E-state index >= 15 is 0 Å². The Bertz CT molecular complexity index is 315. The van der Waals surface area contributed by atoms with Crippen molar-refractivity contribution in [3.8, 4) is 0 Å². The van der Waals surface area contributed by atoms with Crippen molar-refractivity contribution < 1.29 is 8.85 Å². The van der Waals surface area contributed by atoms with E-state index in [9.17, 15) is 0 Å². The Morgan fingerprint density at radius 2 is 0.926 bits per heavy atom. The molecule has 0 aromatic carbocycles. The highest BCUT2D eigenvalue weighted by molar-refractivity contribution is 8.03. The molecule has 0 spiro atoms. The molecule has 164 valence electrons. The molecule has 0 aromatic heterocycles. The van der Waals surface area contributed by atoms with Gasteiger partial charge in [-0.15, -0.1) is 0 Å². The van der Waals surface area contributed by atoms with Gasteiger partial charge < -0.3 is 8.85 Å². The van der Waals surface area contributed by atoms with Crippen molar-refractivity contribution >= 4 is 28.4 Å². The van der Waals surface area contributed by atoms with Crippen LogP contribution in [-0.4, -0.2) is 39.6 Å². The third-order valence-electron chi connectivity index (χ3n) is 6.56. The summed E-state index contributed by atoms with van der Waals surface area (Å²) in [7, 11) is -3.36. The van der Waals surface area contributed by atoms with Gasteiger partial charge in [0.05, 0.1) is 0 Å². The molecule has 2 nitrogen and oxygen atoms in total. The molecule has 2 atom stereocenters. The van der Waals surface area contributed by atoms with Gasteiger partial charge in [0.2, 0.25) is 16.6 Å². The van der Waals surface area contributed by atoms with Crippen molar-refractivity contribution in [1.82, 2.24) is 0 Å². The van der Waals surface area contributed by atoms with Gasteiger partial charge in [-0.05, 0) is 37.0 Å². The molecule has 0 saturated heterocycles. The van der Waals surface area contributed by atoms with Crippen LogP contribution in [0.5, 0.6) is 0 Å². The molecule has 5 heteroatoms. The highest BCUT2D eigenvalue weighted by atomic mass is 32.2. The summed E-state index contributed by atoms with van der Waals surface area (Å²) in [5, 5.41) is 0. The van der Waals surface area contributed by atoms with Crippen molar-refractivity contribution in [2.75, 3.05) is 13.2 Å². The standard InChI is InChI=1S/C22H50O2SSi2/c1-9-15-17-19-23-26(11-3,12-4)21(7)25-22(8)27(13-5,14-6)24-20-18-16-10-2/h21-22H,9-20H2,1-8H3. The Morgan fingerprint density at radius 1 is 0.593 bits per heavy atom. The molecule has 0 heterocycles. The van der Waals surface area contributed by atoms with Crippen molar-refractivity contribution in [3.63, 3.8) is 0 Å². The molecule has 0 bridgehead atoms. The Labute approximate surface area is 178 Å². The van der Waals surface area contributed by atoms with Gasteiger partial charge in [0, 0.05) is 23.0 Å². The number of thioether (sulfide) groups is 1. The van der Waals surface area contributed by atoms with E-state index in [2.05, 4.69) is 67.2 Å². The van der Waals surface area contributed by atoms with Gasteiger partial charge in [0.1, 0.15) is 0 Å². The summed E-state index contributed by atoms with van der Waals surface area (Å²) >= 11 is 2.21. The van der Waals surface area contributed by atoms with Crippen LogP contribution in [0, 0.1) is 0 Å². The van der Waals surface area contributed by atoms with Crippen molar-refractivity contribution in [2.24, 2.45) is 0 Å². The predicted octanol–water partition coefficient (Wildman–Crippen LogP) is 7.96. The van der Waals surface area contributed by atoms with E-state index in [-0.39, 0.29) is 0 Å². The van der Waals surface area contributed by atoms with Crippen LogP contribution >= 0.6 is 11.8 Å². The summed E-state index contributed by atoms with van der Waals surface area (Å²) in [6.07, 6.45) is 7.58. The molecule has 0 fully saturated rings. The van der Waals surface area contributed by atoms with Crippen LogP contribution in [0.3, 0.4) is 0 Å². The third kappa shape index (κ3) is 8.94. The molecule has 27 heavy (non-hydrogen) atoms. The predicted molar refractivity (Wildman–Crippen MR) is 131 cm³/mol. The lowest BCUT2D eigenvalue weighted by Crippen LogP contribution is -2.52. The molecule has 0 saturated carbocycles. The van der Waals surface area contributed by atoms with E-state index in [1.165, 1.54) is 62.7 Å². The molecule has 0 aliphatic rings. The van der Waals surface area contributed by atoms with Crippen molar-refractivity contribution in [3.05, 3.63) is 0 Å². The molecule has 0 N–H and O–H groups in total. The first kappa shape index (κ1) is 27.7. The second-order valence-corrected chi connectivity index (χ2v) is 20.0. The van der Waals surface area contributed by atoms with Crippen LogP contribution in [0.1, 0.15) is 93.9 Å². The Balaban J connectivity index is 4.99. The highest BCUT2D eigenvalue weighted by Crippen LogP contribution is 2.38. The number of unbranched alkanes of at least 4 members (excludes halogenated alkanes) is 4. The topological polar surface area (TPSA) is 18.5 Å². The average molecular weight is 435 g/mol.